The van der Waals surface area contributed by atoms with Crippen LogP contribution in [0.4, 0.5) is 0 Å². The van der Waals surface area contributed by atoms with Crippen LogP contribution in [0.15, 0.2) is 0 Å². The zero-order chi connectivity index (χ0) is 14.5. The van der Waals surface area contributed by atoms with Gasteiger partial charge in [0.1, 0.15) is 10.00 Å². The van der Waals surface area contributed by atoms with Crippen molar-refractivity contribution in [3.05, 3.63) is 0 Å². The molecule has 0 heterocycles. The van der Waals surface area contributed by atoms with Gasteiger partial charge in [0.2, 0.25) is 5.91 Å². The number of hydrogen-bond acceptors (Lipinski definition) is 3. The number of amides is 1. The van der Waals surface area contributed by atoms with Gasteiger partial charge in [-0.3, -0.25) is 13.8 Å². The maximum atomic E-state index is 12.0. The highest BCUT2D eigenvalue weighted by Gasteiger charge is 2.39. The molecule has 5 nitrogen and oxygen atoms in total. The van der Waals surface area contributed by atoms with Crippen LogP contribution in [-0.2, 0) is 20.4 Å². The molecule has 0 saturated carbocycles. The molecule has 106 valence electrons. The molecular formula is C12H23NO4S. The van der Waals surface area contributed by atoms with E-state index in [1.807, 2.05) is 13.8 Å². The van der Waals surface area contributed by atoms with Gasteiger partial charge in [0.15, 0.2) is 0 Å². The van der Waals surface area contributed by atoms with E-state index in [1.165, 1.54) is 20.8 Å². The lowest BCUT2D eigenvalue weighted by atomic mass is 10.1. The van der Waals surface area contributed by atoms with E-state index in [0.29, 0.717) is 12.5 Å². The van der Waals surface area contributed by atoms with Gasteiger partial charge in [-0.05, 0) is 33.1 Å². The summed E-state index contributed by atoms with van der Waals surface area (Å²) < 4.78 is 10.6. The minimum Gasteiger partial charge on any atom is -0.480 e. The molecule has 0 saturated heterocycles. The van der Waals surface area contributed by atoms with Gasteiger partial charge in [-0.15, -0.1) is 0 Å². The Kier molecular flexibility index (Phi) is 6.52. The number of carbonyl (C=O) groups excluding carboxylic acids is 1. The molecule has 0 aromatic heterocycles. The minimum atomic E-state index is -1.76. The van der Waals surface area contributed by atoms with Crippen LogP contribution < -0.4 is 5.32 Å². The van der Waals surface area contributed by atoms with E-state index in [9.17, 15) is 13.8 Å². The van der Waals surface area contributed by atoms with E-state index in [1.54, 1.807) is 0 Å². The Morgan fingerprint density at radius 1 is 1.28 bits per heavy atom. The van der Waals surface area contributed by atoms with Crippen LogP contribution in [0, 0.1) is 5.92 Å². The molecule has 0 fully saturated rings. The first-order valence-electron chi connectivity index (χ1n) is 6.02. The monoisotopic (exact) mass is 277 g/mol. The van der Waals surface area contributed by atoms with Crippen LogP contribution in [0.2, 0.25) is 0 Å². The van der Waals surface area contributed by atoms with Crippen molar-refractivity contribution in [1.82, 2.24) is 5.32 Å². The molecule has 2 atom stereocenters. The van der Waals surface area contributed by atoms with Crippen molar-refractivity contribution in [2.75, 3.05) is 6.54 Å². The van der Waals surface area contributed by atoms with Crippen LogP contribution in [0.3, 0.4) is 0 Å². The summed E-state index contributed by atoms with van der Waals surface area (Å²) in [7, 11) is -1.76. The van der Waals surface area contributed by atoms with Crippen LogP contribution in [0.25, 0.3) is 0 Å². The Bertz CT molecular complexity index is 339. The molecule has 0 rings (SSSR count). The number of hydrogen-bond donors (Lipinski definition) is 2. The number of aliphatic carboxylic acids is 1. The zero-order valence-electron chi connectivity index (χ0n) is 11.6. The number of carbonyl (C=O) groups is 2. The number of carboxylic acid groups (broad SMARTS) is 1. The third kappa shape index (κ3) is 4.76. The van der Waals surface area contributed by atoms with Gasteiger partial charge in [0.25, 0.3) is 0 Å². The van der Waals surface area contributed by atoms with Crippen LogP contribution in [0.1, 0.15) is 41.0 Å². The van der Waals surface area contributed by atoms with Crippen molar-refractivity contribution in [2.24, 2.45) is 5.92 Å². The van der Waals surface area contributed by atoms with Gasteiger partial charge in [-0.25, -0.2) is 0 Å². The number of nitrogens with one attached hydrogen (secondary N) is 1. The summed E-state index contributed by atoms with van der Waals surface area (Å²) in [6.45, 7) is 8.83. The van der Waals surface area contributed by atoms with Crippen molar-refractivity contribution in [3.63, 3.8) is 0 Å². The first kappa shape index (κ1) is 17.1. The zero-order valence-corrected chi connectivity index (χ0v) is 12.5. The second-order valence-electron chi connectivity index (χ2n) is 5.23. The first-order chi connectivity index (χ1) is 8.10. The van der Waals surface area contributed by atoms with Gasteiger partial charge in [0.05, 0.1) is 10.8 Å². The molecule has 18 heavy (non-hydrogen) atoms. The van der Waals surface area contributed by atoms with E-state index in [0.717, 1.165) is 6.42 Å². The molecule has 2 unspecified atom stereocenters. The predicted octanol–water partition coefficient (Wildman–Crippen LogP) is 1.15. The Morgan fingerprint density at radius 3 is 2.17 bits per heavy atom. The molecule has 0 aliphatic rings. The van der Waals surface area contributed by atoms with E-state index in [2.05, 4.69) is 5.32 Å². The third-order valence-electron chi connectivity index (χ3n) is 2.73. The summed E-state index contributed by atoms with van der Waals surface area (Å²) in [5.74, 6) is -1.05. The lowest BCUT2D eigenvalue weighted by molar-refractivity contribution is -0.139. The molecule has 0 aliphatic heterocycles. The smallest absolute Gasteiger partial charge is 0.321 e. The van der Waals surface area contributed by atoms with Gasteiger partial charge >= 0.3 is 5.97 Å². The first-order valence-corrected chi connectivity index (χ1v) is 7.23. The van der Waals surface area contributed by atoms with E-state index in [-0.39, 0.29) is 5.91 Å². The predicted molar refractivity (Wildman–Crippen MR) is 71.8 cm³/mol. The Balaban J connectivity index is 4.47. The standard InChI is InChI=1S/C12H23NO4S/c1-8(2)6-7-13-10(14)9(3)18(17)12(4,5)11(15)16/h8-9H,6-7H2,1-5H3,(H,13,14)(H,15,16). The molecule has 0 bridgehead atoms. The fraction of sp³-hybridized carbons (Fsp3) is 0.833. The highest BCUT2D eigenvalue weighted by molar-refractivity contribution is 7.88. The lowest BCUT2D eigenvalue weighted by Crippen LogP contribution is -2.46. The largest absolute Gasteiger partial charge is 0.480 e. The molecule has 0 spiro atoms. The van der Waals surface area contributed by atoms with Crippen LogP contribution in [-0.4, -0.2) is 37.7 Å². The fourth-order valence-corrected chi connectivity index (χ4v) is 2.59. The molecule has 0 aliphatic carbocycles. The third-order valence-corrected chi connectivity index (χ3v) is 4.77. The Labute approximate surface area is 111 Å². The summed E-state index contributed by atoms with van der Waals surface area (Å²) in [5, 5.41) is 10.8. The molecule has 1 amide bonds. The summed E-state index contributed by atoms with van der Waals surface area (Å²) in [5.41, 5.74) is 0. The highest BCUT2D eigenvalue weighted by Crippen LogP contribution is 2.17. The highest BCUT2D eigenvalue weighted by atomic mass is 32.2. The second-order valence-corrected chi connectivity index (χ2v) is 7.55. The lowest BCUT2D eigenvalue weighted by Gasteiger charge is -2.22. The fourth-order valence-electron chi connectivity index (χ4n) is 1.25. The van der Waals surface area contributed by atoms with Gasteiger partial charge in [-0.2, -0.15) is 0 Å². The van der Waals surface area contributed by atoms with Crippen molar-refractivity contribution >= 4 is 22.7 Å². The minimum absolute atomic E-state index is 0.358. The average Bonchev–Trinajstić information content (AvgIpc) is 2.25. The molecule has 0 aromatic rings. The molecule has 0 aromatic carbocycles. The van der Waals surface area contributed by atoms with Gasteiger partial charge in [-0.1, -0.05) is 13.8 Å². The van der Waals surface area contributed by atoms with E-state index in [4.69, 9.17) is 5.11 Å². The molecular weight excluding hydrogens is 254 g/mol. The van der Waals surface area contributed by atoms with Crippen molar-refractivity contribution in [2.45, 2.75) is 51.0 Å². The SMILES string of the molecule is CC(C)CCNC(=O)C(C)S(=O)C(C)(C)C(=O)O. The average molecular weight is 277 g/mol. The van der Waals surface area contributed by atoms with Crippen molar-refractivity contribution in [1.29, 1.82) is 0 Å². The number of carboxylic acids is 1. The van der Waals surface area contributed by atoms with E-state index < -0.39 is 26.8 Å². The quantitative estimate of drug-likeness (QED) is 0.731. The normalized spacial score (nSPS) is 15.2. The van der Waals surface area contributed by atoms with E-state index >= 15 is 0 Å². The van der Waals surface area contributed by atoms with Gasteiger partial charge < -0.3 is 10.4 Å². The summed E-state index contributed by atoms with van der Waals surface area (Å²) in [6, 6.07) is 0. The van der Waals surface area contributed by atoms with Crippen LogP contribution in [0.5, 0.6) is 0 Å². The topological polar surface area (TPSA) is 83.5 Å². The molecule has 2 N–H and O–H groups in total. The van der Waals surface area contributed by atoms with Crippen molar-refractivity contribution < 1.29 is 18.9 Å². The van der Waals surface area contributed by atoms with Crippen molar-refractivity contribution in [3.8, 4) is 0 Å². The summed E-state index contributed by atoms with van der Waals surface area (Å²) >= 11 is 0. The summed E-state index contributed by atoms with van der Waals surface area (Å²) in [4.78, 5) is 22.7. The maximum absolute atomic E-state index is 12.0. The molecule has 6 heteroatoms. The Morgan fingerprint density at radius 2 is 1.78 bits per heavy atom. The summed E-state index contributed by atoms with van der Waals surface area (Å²) in [6.07, 6.45) is 0.841. The van der Waals surface area contributed by atoms with Crippen LogP contribution >= 0.6 is 0 Å². The number of rotatable bonds is 7. The Hall–Kier alpha value is -0.910. The maximum Gasteiger partial charge on any atom is 0.321 e. The van der Waals surface area contributed by atoms with Gasteiger partial charge in [0, 0.05) is 6.54 Å². The second kappa shape index (κ2) is 6.87. The molecule has 0 radical (unpaired) electrons.